The summed E-state index contributed by atoms with van der Waals surface area (Å²) in [6.07, 6.45) is -3.15. The van der Waals surface area contributed by atoms with E-state index >= 15 is 0 Å². The van der Waals surface area contributed by atoms with Crippen molar-refractivity contribution in [2.24, 2.45) is 5.14 Å². The number of alkyl halides is 2. The molecule has 15 heavy (non-hydrogen) atoms. The quantitative estimate of drug-likeness (QED) is 0.761. The lowest BCUT2D eigenvalue weighted by molar-refractivity contribution is 0.147. The maximum atomic E-state index is 12.4. The number of H-pyrrole nitrogens is 1. The minimum absolute atomic E-state index is 0.441. The van der Waals surface area contributed by atoms with E-state index in [1.54, 1.807) is 0 Å². The predicted molar refractivity (Wildman–Crippen MR) is 48.4 cm³/mol. The molecule has 0 unspecified atom stereocenters. The molecule has 1 aromatic heterocycles. The highest BCUT2D eigenvalue weighted by atomic mass is 35.5. The van der Waals surface area contributed by atoms with E-state index in [1.165, 1.54) is 0 Å². The van der Waals surface area contributed by atoms with E-state index in [0.717, 1.165) is 0 Å². The third-order valence-corrected chi connectivity index (χ3v) is 2.91. The van der Waals surface area contributed by atoms with Gasteiger partial charge in [0.25, 0.3) is 6.43 Å². The van der Waals surface area contributed by atoms with Crippen LogP contribution < -0.4 is 10.7 Å². The predicted octanol–water partition coefficient (Wildman–Crippen LogP) is 0.613. The van der Waals surface area contributed by atoms with Crippen LogP contribution in [0, 0.1) is 0 Å². The normalized spacial score (nSPS) is 12.1. The first-order chi connectivity index (χ1) is 6.73. The van der Waals surface area contributed by atoms with E-state index in [2.05, 4.69) is 5.14 Å². The fraction of sp³-hybridized carbons (Fsp3) is 0.167. The molecule has 0 aliphatic rings. The molecule has 0 aliphatic carbocycles. The molecule has 0 atom stereocenters. The molecule has 0 bridgehead atoms. The summed E-state index contributed by atoms with van der Waals surface area (Å²) >= 11 is 5.32. The summed E-state index contributed by atoms with van der Waals surface area (Å²) in [5.41, 5.74) is -1.94. The van der Waals surface area contributed by atoms with Crippen LogP contribution >= 0.6 is 11.6 Å². The Balaban J connectivity index is 3.70. The third kappa shape index (κ3) is 2.52. The van der Waals surface area contributed by atoms with Crippen LogP contribution in [0.15, 0.2) is 15.8 Å². The van der Waals surface area contributed by atoms with Crippen LogP contribution in [-0.2, 0) is 10.0 Å². The van der Waals surface area contributed by atoms with Crippen molar-refractivity contribution >= 4 is 21.6 Å². The molecule has 1 rings (SSSR count). The second-order valence-electron chi connectivity index (χ2n) is 2.58. The second-order valence-corrected chi connectivity index (χ2v) is 4.45. The van der Waals surface area contributed by atoms with Gasteiger partial charge in [-0.1, -0.05) is 11.6 Å². The Morgan fingerprint density at radius 3 is 2.40 bits per heavy atom. The fourth-order valence-electron chi connectivity index (χ4n) is 0.986. The summed E-state index contributed by atoms with van der Waals surface area (Å²) in [6.45, 7) is 0. The highest BCUT2D eigenvalue weighted by Crippen LogP contribution is 2.28. The molecule has 0 fully saturated rings. The molecule has 0 spiro atoms. The zero-order chi connectivity index (χ0) is 11.8. The zero-order valence-corrected chi connectivity index (χ0v) is 8.57. The van der Waals surface area contributed by atoms with Crippen molar-refractivity contribution in [2.45, 2.75) is 11.3 Å². The number of rotatable bonds is 2. The van der Waals surface area contributed by atoms with Crippen molar-refractivity contribution in [1.29, 1.82) is 0 Å². The number of halogens is 3. The molecule has 5 nitrogen and oxygen atoms in total. The van der Waals surface area contributed by atoms with Gasteiger partial charge in [-0.05, 0) is 0 Å². The zero-order valence-electron chi connectivity index (χ0n) is 7.00. The molecule has 0 aliphatic heterocycles. The SMILES string of the molecule is NS(=O)(=O)c1c(C(F)F)cc(=O)[nH]c1Cl. The lowest BCUT2D eigenvalue weighted by atomic mass is 10.3. The van der Waals surface area contributed by atoms with Gasteiger partial charge in [0, 0.05) is 11.6 Å². The van der Waals surface area contributed by atoms with Gasteiger partial charge in [-0.15, -0.1) is 0 Å². The van der Waals surface area contributed by atoms with Gasteiger partial charge in [-0.3, -0.25) is 4.79 Å². The van der Waals surface area contributed by atoms with Gasteiger partial charge in [0.2, 0.25) is 15.6 Å². The summed E-state index contributed by atoms with van der Waals surface area (Å²) in [6, 6.07) is 0.441. The number of hydrogen-bond donors (Lipinski definition) is 2. The average molecular weight is 259 g/mol. The minimum atomic E-state index is -4.41. The number of primary sulfonamides is 1. The first kappa shape index (κ1) is 12.1. The molecule has 1 heterocycles. The van der Waals surface area contributed by atoms with E-state index in [0.29, 0.717) is 6.07 Å². The van der Waals surface area contributed by atoms with Crippen molar-refractivity contribution in [2.75, 3.05) is 0 Å². The standard InChI is InChI=1S/C6H5ClF2N2O3S/c7-5-4(15(10,13)14)2(6(8)9)1-3(12)11-5/h1,6H,(H,11,12)(H2,10,13,14). The lowest BCUT2D eigenvalue weighted by Gasteiger charge is -2.07. The molecule has 3 N–H and O–H groups in total. The van der Waals surface area contributed by atoms with E-state index in [-0.39, 0.29) is 0 Å². The maximum absolute atomic E-state index is 12.4. The van der Waals surface area contributed by atoms with Crippen molar-refractivity contribution in [1.82, 2.24) is 4.98 Å². The highest BCUT2D eigenvalue weighted by Gasteiger charge is 2.24. The number of aromatic amines is 1. The Hall–Kier alpha value is -0.990. The van der Waals surface area contributed by atoms with Crippen molar-refractivity contribution < 1.29 is 17.2 Å². The van der Waals surface area contributed by atoms with Crippen LogP contribution in [0.5, 0.6) is 0 Å². The Bertz CT molecular complexity index is 540. The van der Waals surface area contributed by atoms with E-state index in [1.807, 2.05) is 4.98 Å². The molecular formula is C6H5ClF2N2O3S. The maximum Gasteiger partial charge on any atom is 0.265 e. The van der Waals surface area contributed by atoms with Crippen LogP contribution in [-0.4, -0.2) is 13.4 Å². The van der Waals surface area contributed by atoms with Crippen molar-refractivity contribution in [3.05, 3.63) is 27.1 Å². The number of aromatic nitrogens is 1. The van der Waals surface area contributed by atoms with E-state index < -0.39 is 37.6 Å². The highest BCUT2D eigenvalue weighted by molar-refractivity contribution is 7.89. The van der Waals surface area contributed by atoms with Crippen LogP contribution in [0.2, 0.25) is 5.15 Å². The Morgan fingerprint density at radius 2 is 2.00 bits per heavy atom. The van der Waals surface area contributed by atoms with Crippen LogP contribution in [0.3, 0.4) is 0 Å². The van der Waals surface area contributed by atoms with Gasteiger partial charge in [-0.25, -0.2) is 22.3 Å². The largest absolute Gasteiger partial charge is 0.312 e. The molecule has 0 saturated heterocycles. The third-order valence-electron chi connectivity index (χ3n) is 1.50. The first-order valence-electron chi connectivity index (χ1n) is 3.47. The Labute approximate surface area is 87.9 Å². The number of sulfonamides is 1. The van der Waals surface area contributed by atoms with Crippen LogP contribution in [0.25, 0.3) is 0 Å². The van der Waals surface area contributed by atoms with Crippen molar-refractivity contribution in [3.8, 4) is 0 Å². The van der Waals surface area contributed by atoms with Gasteiger partial charge in [0.1, 0.15) is 10.0 Å². The summed E-state index contributed by atoms with van der Waals surface area (Å²) in [5.74, 6) is 0. The van der Waals surface area contributed by atoms with Gasteiger partial charge in [-0.2, -0.15) is 0 Å². The molecule has 0 aromatic carbocycles. The average Bonchev–Trinajstić information content (AvgIpc) is 1.99. The summed E-state index contributed by atoms with van der Waals surface area (Å²) in [4.78, 5) is 11.7. The second kappa shape index (κ2) is 3.87. The van der Waals surface area contributed by atoms with Crippen LogP contribution in [0.4, 0.5) is 8.78 Å². The van der Waals surface area contributed by atoms with Gasteiger partial charge >= 0.3 is 0 Å². The monoisotopic (exact) mass is 258 g/mol. The first-order valence-corrected chi connectivity index (χ1v) is 5.39. The molecule has 1 aromatic rings. The lowest BCUT2D eigenvalue weighted by Crippen LogP contribution is -2.19. The molecule has 84 valence electrons. The van der Waals surface area contributed by atoms with Crippen molar-refractivity contribution in [3.63, 3.8) is 0 Å². The smallest absolute Gasteiger partial charge is 0.265 e. The minimum Gasteiger partial charge on any atom is -0.312 e. The molecule has 9 heteroatoms. The van der Waals surface area contributed by atoms with Crippen LogP contribution in [0.1, 0.15) is 12.0 Å². The summed E-state index contributed by atoms with van der Waals surface area (Å²) in [5, 5.41) is 3.96. The fourth-order valence-corrected chi connectivity index (χ4v) is 2.29. The Morgan fingerprint density at radius 1 is 1.47 bits per heavy atom. The molecular weight excluding hydrogens is 254 g/mol. The summed E-state index contributed by atoms with van der Waals surface area (Å²) in [7, 11) is -4.41. The molecule has 0 saturated carbocycles. The molecule has 0 radical (unpaired) electrons. The topological polar surface area (TPSA) is 93.0 Å². The number of nitrogens with one attached hydrogen (secondary N) is 1. The van der Waals surface area contributed by atoms with E-state index in [9.17, 15) is 22.0 Å². The Kier molecular flexibility index (Phi) is 3.12. The van der Waals surface area contributed by atoms with Gasteiger partial charge in [0.15, 0.2) is 0 Å². The number of pyridine rings is 1. The molecule has 0 amide bonds. The van der Waals surface area contributed by atoms with Gasteiger partial charge in [0.05, 0.1) is 0 Å². The van der Waals surface area contributed by atoms with E-state index in [4.69, 9.17) is 11.6 Å². The number of nitrogens with two attached hydrogens (primary N) is 1. The summed E-state index contributed by atoms with van der Waals surface area (Å²) < 4.78 is 46.6. The number of hydrogen-bond acceptors (Lipinski definition) is 3. The van der Waals surface area contributed by atoms with Gasteiger partial charge < -0.3 is 4.98 Å².